The summed E-state index contributed by atoms with van der Waals surface area (Å²) in [5.74, 6) is 0.612. The molecule has 2 fully saturated rings. The van der Waals surface area contributed by atoms with E-state index in [9.17, 15) is 5.11 Å². The van der Waals surface area contributed by atoms with Gasteiger partial charge in [-0.1, -0.05) is 60.2 Å². The number of likely N-dealkylation sites (tertiary alicyclic amines) is 1. The van der Waals surface area contributed by atoms with Gasteiger partial charge in [-0.3, -0.25) is 0 Å². The van der Waals surface area contributed by atoms with Gasteiger partial charge in [0.15, 0.2) is 0 Å². The van der Waals surface area contributed by atoms with E-state index in [1.54, 1.807) is 0 Å². The van der Waals surface area contributed by atoms with E-state index < -0.39 is 5.60 Å². The number of aliphatic hydroxyl groups is 1. The third kappa shape index (κ3) is 3.38. The number of nitrogens with zero attached hydrogens (tertiary/aromatic N) is 1. The molecule has 2 aliphatic rings. The van der Waals surface area contributed by atoms with Crippen LogP contribution in [0.5, 0.6) is 0 Å². The van der Waals surface area contributed by atoms with Crippen molar-refractivity contribution in [1.82, 2.24) is 4.90 Å². The van der Waals surface area contributed by atoms with Crippen LogP contribution in [0.1, 0.15) is 36.0 Å². The smallest absolute Gasteiger partial charge is 0.0920 e. The van der Waals surface area contributed by atoms with E-state index in [4.69, 9.17) is 12.6 Å². The van der Waals surface area contributed by atoms with E-state index in [1.165, 1.54) is 11.1 Å². The molecule has 1 saturated heterocycles. The molecule has 1 aliphatic carbocycles. The van der Waals surface area contributed by atoms with Gasteiger partial charge in [0, 0.05) is 24.4 Å². The number of rotatable bonds is 4. The second-order valence-corrected chi connectivity index (χ2v) is 8.69. The minimum atomic E-state index is -0.656. The van der Waals surface area contributed by atoms with Crippen molar-refractivity contribution in [2.24, 2.45) is 5.92 Å². The molecule has 0 bridgehead atoms. The largest absolute Gasteiger partial charge is 0.385 e. The van der Waals surface area contributed by atoms with E-state index in [0.29, 0.717) is 5.92 Å². The molecule has 1 aliphatic heterocycles. The van der Waals surface area contributed by atoms with Crippen molar-refractivity contribution in [2.75, 3.05) is 19.6 Å². The van der Waals surface area contributed by atoms with Crippen LogP contribution in [0, 0.1) is 12.8 Å². The predicted octanol–water partition coefficient (Wildman–Crippen LogP) is 4.12. The number of aryl methyl sites for hydroxylation is 1. The van der Waals surface area contributed by atoms with E-state index in [2.05, 4.69) is 36.1 Å². The minimum Gasteiger partial charge on any atom is -0.385 e. The lowest BCUT2D eigenvalue weighted by Gasteiger charge is -2.38. The van der Waals surface area contributed by atoms with Gasteiger partial charge in [-0.15, -0.1) is 0 Å². The Labute approximate surface area is 156 Å². The van der Waals surface area contributed by atoms with Gasteiger partial charge >= 0.3 is 0 Å². The van der Waals surface area contributed by atoms with Crippen LogP contribution in [0.4, 0.5) is 0 Å². The average Bonchev–Trinajstić information content (AvgIpc) is 3.29. The summed E-state index contributed by atoms with van der Waals surface area (Å²) in [6.45, 7) is 5.13. The zero-order valence-corrected chi connectivity index (χ0v) is 15.8. The quantitative estimate of drug-likeness (QED) is 0.808. The Hall–Kier alpha value is -1.29. The molecule has 2 unspecified atom stereocenters. The molecule has 0 amide bonds. The van der Waals surface area contributed by atoms with Crippen LogP contribution >= 0.6 is 12.6 Å². The Morgan fingerprint density at radius 3 is 2.28 bits per heavy atom. The molecule has 25 heavy (non-hydrogen) atoms. The van der Waals surface area contributed by atoms with Crippen molar-refractivity contribution in [3.63, 3.8) is 0 Å². The minimum absolute atomic E-state index is 0.0425. The summed E-state index contributed by atoms with van der Waals surface area (Å²) < 4.78 is 0.0425. The number of hydrogen-bond acceptors (Lipinski definition) is 3. The van der Waals surface area contributed by atoms with Crippen LogP contribution in [0.3, 0.4) is 0 Å². The highest BCUT2D eigenvalue weighted by atomic mass is 32.1. The highest BCUT2D eigenvalue weighted by Gasteiger charge is 2.53. The molecule has 0 radical (unpaired) electrons. The summed E-state index contributed by atoms with van der Waals surface area (Å²) >= 11 is 5.00. The molecule has 0 aromatic heterocycles. The summed E-state index contributed by atoms with van der Waals surface area (Å²) in [7, 11) is 0. The van der Waals surface area contributed by atoms with Crippen molar-refractivity contribution in [1.29, 1.82) is 0 Å². The maximum absolute atomic E-state index is 11.0. The van der Waals surface area contributed by atoms with Gasteiger partial charge in [-0.05, 0) is 43.2 Å². The van der Waals surface area contributed by atoms with Crippen molar-refractivity contribution in [2.45, 2.75) is 36.5 Å². The Balaban J connectivity index is 1.35. The molecule has 1 heterocycles. The molecule has 2 atom stereocenters. The standard InChI is InChI=1S/C22H27NOS/c1-17-7-9-19(10-8-17)22(25)15-20(22)16-23-13-11-21(24,12-14-23)18-5-3-2-4-6-18/h2-10,20,24-25H,11-16H2,1H3. The van der Waals surface area contributed by atoms with Crippen molar-refractivity contribution in [3.8, 4) is 0 Å². The lowest BCUT2D eigenvalue weighted by Crippen LogP contribution is -2.43. The van der Waals surface area contributed by atoms with Crippen LogP contribution in [-0.2, 0) is 10.3 Å². The second kappa shape index (κ2) is 6.46. The number of piperidine rings is 1. The zero-order chi connectivity index (χ0) is 17.5. The fraction of sp³-hybridized carbons (Fsp3) is 0.455. The van der Waals surface area contributed by atoms with Crippen molar-refractivity contribution < 1.29 is 5.11 Å². The summed E-state index contributed by atoms with van der Waals surface area (Å²) in [5.41, 5.74) is 3.05. The van der Waals surface area contributed by atoms with Crippen molar-refractivity contribution >= 4 is 12.6 Å². The number of benzene rings is 2. The van der Waals surface area contributed by atoms with Gasteiger partial charge in [-0.2, -0.15) is 12.6 Å². The third-order valence-corrected chi connectivity index (χ3v) is 6.90. The predicted molar refractivity (Wildman–Crippen MR) is 106 cm³/mol. The summed E-state index contributed by atoms with van der Waals surface area (Å²) in [6.07, 6.45) is 2.78. The van der Waals surface area contributed by atoms with Gasteiger partial charge in [0.05, 0.1) is 5.60 Å². The van der Waals surface area contributed by atoms with Crippen LogP contribution in [0.15, 0.2) is 54.6 Å². The highest BCUT2D eigenvalue weighted by Crippen LogP contribution is 2.57. The Kier molecular flexibility index (Phi) is 4.43. The molecule has 4 rings (SSSR count). The Morgan fingerprint density at radius 2 is 1.64 bits per heavy atom. The van der Waals surface area contributed by atoms with Gasteiger partial charge < -0.3 is 10.0 Å². The first-order chi connectivity index (χ1) is 12.0. The molecule has 1 saturated carbocycles. The van der Waals surface area contributed by atoms with E-state index in [0.717, 1.165) is 44.5 Å². The first-order valence-electron chi connectivity index (χ1n) is 9.29. The molecule has 0 spiro atoms. The van der Waals surface area contributed by atoms with Gasteiger partial charge in [0.25, 0.3) is 0 Å². The molecule has 2 nitrogen and oxygen atoms in total. The first kappa shape index (κ1) is 17.1. The van der Waals surface area contributed by atoms with E-state index in [1.807, 2.05) is 30.3 Å². The topological polar surface area (TPSA) is 23.5 Å². The SMILES string of the molecule is Cc1ccc(C2(S)CC2CN2CCC(O)(c3ccccc3)CC2)cc1. The maximum atomic E-state index is 11.0. The average molecular weight is 354 g/mol. The van der Waals surface area contributed by atoms with Crippen molar-refractivity contribution in [3.05, 3.63) is 71.3 Å². The van der Waals surface area contributed by atoms with E-state index in [-0.39, 0.29) is 4.75 Å². The fourth-order valence-electron chi connectivity index (χ4n) is 4.18. The second-order valence-electron chi connectivity index (χ2n) is 7.89. The Morgan fingerprint density at radius 1 is 1.00 bits per heavy atom. The molecular formula is C22H27NOS. The molecule has 2 aromatic rings. The normalized spacial score (nSPS) is 28.7. The first-order valence-corrected chi connectivity index (χ1v) is 9.74. The van der Waals surface area contributed by atoms with Crippen LogP contribution in [-0.4, -0.2) is 29.6 Å². The van der Waals surface area contributed by atoms with Crippen LogP contribution in [0.2, 0.25) is 0 Å². The highest BCUT2D eigenvalue weighted by molar-refractivity contribution is 7.81. The molecule has 2 aromatic carbocycles. The lowest BCUT2D eigenvalue weighted by molar-refractivity contribution is -0.0268. The fourth-order valence-corrected chi connectivity index (χ4v) is 4.63. The van der Waals surface area contributed by atoms with Gasteiger partial charge in [0.2, 0.25) is 0 Å². The van der Waals surface area contributed by atoms with Gasteiger partial charge in [0.1, 0.15) is 0 Å². The van der Waals surface area contributed by atoms with E-state index >= 15 is 0 Å². The number of hydrogen-bond donors (Lipinski definition) is 2. The number of thiol groups is 1. The maximum Gasteiger partial charge on any atom is 0.0920 e. The summed E-state index contributed by atoms with van der Waals surface area (Å²) in [5, 5.41) is 11.0. The molecular weight excluding hydrogens is 326 g/mol. The molecule has 1 N–H and O–H groups in total. The molecule has 132 valence electrons. The third-order valence-electron chi connectivity index (χ3n) is 6.10. The lowest BCUT2D eigenvalue weighted by atomic mass is 9.84. The zero-order valence-electron chi connectivity index (χ0n) is 14.9. The summed E-state index contributed by atoms with van der Waals surface area (Å²) in [6, 6.07) is 19.0. The monoisotopic (exact) mass is 353 g/mol. The Bertz CT molecular complexity index is 721. The van der Waals surface area contributed by atoms with Gasteiger partial charge in [-0.25, -0.2) is 0 Å². The van der Waals surface area contributed by atoms with Crippen LogP contribution in [0.25, 0.3) is 0 Å². The molecule has 3 heteroatoms. The van der Waals surface area contributed by atoms with Crippen LogP contribution < -0.4 is 0 Å². The summed E-state index contributed by atoms with van der Waals surface area (Å²) in [4.78, 5) is 2.51.